The van der Waals surface area contributed by atoms with Crippen LogP contribution >= 0.6 is 7.82 Å². The van der Waals surface area contributed by atoms with E-state index in [1.165, 1.54) is 89.9 Å². The first-order chi connectivity index (χ1) is 20.4. The first-order valence-corrected chi connectivity index (χ1v) is 17.9. The number of carbonyl (C=O) groups excluding carboxylic acids is 2. The van der Waals surface area contributed by atoms with Crippen LogP contribution in [-0.4, -0.2) is 54.1 Å². The number of hydrogen-bond donors (Lipinski definition) is 1. The van der Waals surface area contributed by atoms with E-state index in [9.17, 15) is 19.0 Å². The van der Waals surface area contributed by atoms with E-state index in [1.807, 2.05) is 35.2 Å². The largest absolute Gasteiger partial charge is 0.472 e. The van der Waals surface area contributed by atoms with Crippen LogP contribution in [-0.2, 0) is 34.5 Å². The number of likely N-dealkylation sites (tertiary alicyclic amines) is 1. The number of phosphoric acid groups is 1. The zero-order valence-corrected chi connectivity index (χ0v) is 26.9. The molecule has 2 unspecified atom stereocenters. The Kier molecular flexibility index (Phi) is 19.9. The molecule has 0 aliphatic carbocycles. The highest BCUT2D eigenvalue weighted by Gasteiger charge is 2.37. The lowest BCUT2D eigenvalue weighted by Crippen LogP contribution is -2.45. The summed E-state index contributed by atoms with van der Waals surface area (Å²) in [5.74, 6) is -0.623. The van der Waals surface area contributed by atoms with E-state index >= 15 is 0 Å². The summed E-state index contributed by atoms with van der Waals surface area (Å²) in [6, 6.07) is 4.81. The fourth-order valence-electron chi connectivity index (χ4n) is 5.23. The van der Waals surface area contributed by atoms with E-state index in [-0.39, 0.29) is 44.5 Å². The van der Waals surface area contributed by atoms with Crippen molar-refractivity contribution in [2.75, 3.05) is 26.4 Å². The Morgan fingerprint density at radius 2 is 1.24 bits per heavy atom. The van der Waals surface area contributed by atoms with Crippen molar-refractivity contribution in [3.05, 3.63) is 30.6 Å². The summed E-state index contributed by atoms with van der Waals surface area (Å²) in [4.78, 5) is 35.8. The van der Waals surface area contributed by atoms with Crippen molar-refractivity contribution < 1.29 is 37.4 Å². The number of phosphoric ester groups is 1. The van der Waals surface area contributed by atoms with Gasteiger partial charge in [-0.1, -0.05) is 109 Å². The van der Waals surface area contributed by atoms with Crippen molar-refractivity contribution in [1.29, 1.82) is 0 Å². The Bertz CT molecular complexity index is 886. The lowest BCUT2D eigenvalue weighted by atomic mass is 10.0. The summed E-state index contributed by atoms with van der Waals surface area (Å²) in [5.41, 5.74) is 0. The molecule has 2 rings (SSSR count). The first-order valence-electron chi connectivity index (χ1n) is 16.4. The van der Waals surface area contributed by atoms with Gasteiger partial charge in [-0.05, 0) is 6.42 Å². The van der Waals surface area contributed by atoms with Crippen molar-refractivity contribution in [2.45, 2.75) is 135 Å². The molecule has 0 radical (unpaired) electrons. The molecule has 9 nitrogen and oxygen atoms in total. The number of imide groups is 1. The maximum Gasteiger partial charge on any atom is 0.472 e. The van der Waals surface area contributed by atoms with E-state index in [0.717, 1.165) is 17.7 Å². The standard InChI is InChI=1S/C32H55N2O7P/c1-2-3-4-5-6-7-8-9-10-11-12-13-14-15-16-20-26-39-28-30(34-31(35)21-22-32(34)36)29-41-42(37,38)40-27-25-33-23-18-17-19-24-33/h17-19,23-24,30H,2-16,20-22,25-29H2,1H3/p+1. The number of rotatable bonds is 27. The van der Waals surface area contributed by atoms with Gasteiger partial charge in [-0.2, -0.15) is 0 Å². The summed E-state index contributed by atoms with van der Waals surface area (Å²) >= 11 is 0. The third-order valence-electron chi connectivity index (χ3n) is 7.72. The predicted octanol–water partition coefficient (Wildman–Crippen LogP) is 6.90. The second-order valence-electron chi connectivity index (χ2n) is 11.4. The molecule has 10 heteroatoms. The number of nitrogens with zero attached hydrogens (tertiary/aromatic N) is 2. The molecule has 1 fully saturated rings. The van der Waals surface area contributed by atoms with E-state index in [4.69, 9.17) is 13.8 Å². The number of aromatic nitrogens is 1. The second kappa shape index (κ2) is 22.8. The molecule has 0 aromatic carbocycles. The molecule has 42 heavy (non-hydrogen) atoms. The van der Waals surface area contributed by atoms with Crippen LogP contribution in [0.25, 0.3) is 0 Å². The number of ether oxygens (including phenoxy) is 1. The zero-order valence-electron chi connectivity index (χ0n) is 26.0. The van der Waals surface area contributed by atoms with Gasteiger partial charge in [0.1, 0.15) is 6.61 Å². The van der Waals surface area contributed by atoms with E-state index in [1.54, 1.807) is 0 Å². The van der Waals surface area contributed by atoms with Crippen molar-refractivity contribution in [3.8, 4) is 0 Å². The Hall–Kier alpha value is -1.64. The summed E-state index contributed by atoms with van der Waals surface area (Å²) < 4.78 is 30.3. The minimum Gasteiger partial charge on any atom is -0.379 e. The highest BCUT2D eigenvalue weighted by Crippen LogP contribution is 2.43. The van der Waals surface area contributed by atoms with Gasteiger partial charge in [0, 0.05) is 31.6 Å². The highest BCUT2D eigenvalue weighted by atomic mass is 31.2. The average molecular weight is 612 g/mol. The Morgan fingerprint density at radius 3 is 1.76 bits per heavy atom. The number of hydrogen-bond acceptors (Lipinski definition) is 6. The van der Waals surface area contributed by atoms with Crippen LogP contribution in [0.1, 0.15) is 122 Å². The molecule has 1 saturated heterocycles. The Balaban J connectivity index is 1.53. The van der Waals surface area contributed by atoms with Gasteiger partial charge in [0.25, 0.3) is 0 Å². The van der Waals surface area contributed by atoms with Crippen LogP contribution < -0.4 is 4.57 Å². The van der Waals surface area contributed by atoms with Crippen LogP contribution in [0, 0.1) is 0 Å². The van der Waals surface area contributed by atoms with E-state index in [2.05, 4.69) is 6.92 Å². The molecule has 2 heterocycles. The predicted molar refractivity (Wildman–Crippen MR) is 164 cm³/mol. The highest BCUT2D eigenvalue weighted by molar-refractivity contribution is 7.47. The number of carbonyl (C=O) groups is 2. The summed E-state index contributed by atoms with van der Waals surface area (Å²) in [7, 11) is -4.36. The van der Waals surface area contributed by atoms with Crippen molar-refractivity contribution in [3.63, 3.8) is 0 Å². The molecule has 1 aliphatic heterocycles. The van der Waals surface area contributed by atoms with Gasteiger partial charge in [-0.3, -0.25) is 23.5 Å². The van der Waals surface area contributed by atoms with Gasteiger partial charge < -0.3 is 9.63 Å². The minimum atomic E-state index is -4.36. The number of amides is 2. The van der Waals surface area contributed by atoms with Crippen LogP contribution in [0.5, 0.6) is 0 Å². The van der Waals surface area contributed by atoms with Crippen molar-refractivity contribution in [2.24, 2.45) is 0 Å². The van der Waals surface area contributed by atoms with Gasteiger partial charge in [-0.25, -0.2) is 9.13 Å². The smallest absolute Gasteiger partial charge is 0.379 e. The lowest BCUT2D eigenvalue weighted by molar-refractivity contribution is -0.697. The topological polar surface area (TPSA) is 106 Å². The van der Waals surface area contributed by atoms with Crippen molar-refractivity contribution >= 4 is 19.6 Å². The molecule has 2 amide bonds. The van der Waals surface area contributed by atoms with Gasteiger partial charge in [0.05, 0.1) is 19.3 Å². The van der Waals surface area contributed by atoms with E-state index in [0.29, 0.717) is 13.2 Å². The third-order valence-corrected chi connectivity index (χ3v) is 8.70. The molecule has 1 N–H and O–H groups in total. The van der Waals surface area contributed by atoms with Gasteiger partial charge in [0.15, 0.2) is 18.9 Å². The SMILES string of the molecule is CCCCCCCCCCCCCCCCCCOCC(COP(=O)(O)OCC[n+]1ccccc1)N1C(=O)CCC1=O. The van der Waals surface area contributed by atoms with E-state index < -0.39 is 13.9 Å². The fraction of sp³-hybridized carbons (Fsp3) is 0.781. The summed E-state index contributed by atoms with van der Waals surface area (Å²) in [6.45, 7) is 2.88. The molecule has 1 aliphatic rings. The quantitative estimate of drug-likeness (QED) is 0.0499. The normalized spacial score (nSPS) is 15.8. The number of pyridine rings is 1. The monoisotopic (exact) mass is 611 g/mol. The molecular formula is C32H56N2O7P+. The van der Waals surface area contributed by atoms with Gasteiger partial charge in [-0.15, -0.1) is 0 Å². The van der Waals surface area contributed by atoms with Gasteiger partial charge >= 0.3 is 7.82 Å². The van der Waals surface area contributed by atoms with Crippen LogP contribution in [0.15, 0.2) is 30.6 Å². The molecule has 240 valence electrons. The van der Waals surface area contributed by atoms with Crippen LogP contribution in [0.2, 0.25) is 0 Å². The summed E-state index contributed by atoms with van der Waals surface area (Å²) in [5, 5.41) is 0. The molecule has 0 bridgehead atoms. The maximum absolute atomic E-state index is 12.4. The summed E-state index contributed by atoms with van der Waals surface area (Å²) in [6.07, 6.45) is 24.7. The maximum atomic E-state index is 12.4. The van der Waals surface area contributed by atoms with Crippen LogP contribution in [0.4, 0.5) is 0 Å². The molecule has 2 atom stereocenters. The lowest BCUT2D eigenvalue weighted by Gasteiger charge is -2.26. The number of unbranched alkanes of at least 4 members (excludes halogenated alkanes) is 15. The molecule has 0 saturated carbocycles. The Morgan fingerprint density at radius 1 is 0.738 bits per heavy atom. The van der Waals surface area contributed by atoms with Crippen molar-refractivity contribution in [1.82, 2.24) is 4.90 Å². The molecule has 1 aromatic heterocycles. The fourth-order valence-corrected chi connectivity index (χ4v) is 5.98. The van der Waals surface area contributed by atoms with Crippen LogP contribution in [0.3, 0.4) is 0 Å². The second-order valence-corrected chi connectivity index (χ2v) is 12.9. The average Bonchev–Trinajstić information content (AvgIpc) is 3.31. The first kappa shape index (κ1) is 36.6. The zero-order chi connectivity index (χ0) is 30.3. The molecule has 0 spiro atoms. The Labute approximate surface area is 253 Å². The molecular weight excluding hydrogens is 555 g/mol. The minimum absolute atomic E-state index is 0.0234. The van der Waals surface area contributed by atoms with Gasteiger partial charge in [0.2, 0.25) is 11.8 Å². The molecule has 1 aromatic rings. The third kappa shape index (κ3) is 16.9.